The fourth-order valence-corrected chi connectivity index (χ4v) is 6.83. The minimum Gasteiger partial charge on any atom is -0.454 e. The van der Waals surface area contributed by atoms with Gasteiger partial charge in [-0.1, -0.05) is 140 Å². The van der Waals surface area contributed by atoms with Crippen molar-refractivity contribution in [3.63, 3.8) is 0 Å². The van der Waals surface area contributed by atoms with E-state index in [9.17, 15) is 0 Å². The summed E-state index contributed by atoms with van der Waals surface area (Å²) in [6.07, 6.45) is 0. The number of benzene rings is 6. The maximum atomic E-state index is 6.45. The van der Waals surface area contributed by atoms with Gasteiger partial charge in [0.1, 0.15) is 22.4 Å². The van der Waals surface area contributed by atoms with Gasteiger partial charge in [0.05, 0.1) is 16.8 Å². The first kappa shape index (κ1) is 28.2. The lowest BCUT2D eigenvalue weighted by Gasteiger charge is -2.10. The molecule has 4 heterocycles. The Morgan fingerprint density at radius 2 is 0.840 bits per heavy atom. The van der Waals surface area contributed by atoms with Crippen LogP contribution in [0.2, 0.25) is 0 Å². The van der Waals surface area contributed by atoms with Crippen LogP contribution >= 0.6 is 0 Å². The molecule has 6 aromatic carbocycles. The van der Waals surface area contributed by atoms with Gasteiger partial charge in [0.15, 0.2) is 17.0 Å². The molecule has 50 heavy (non-hydrogen) atoms. The molecular formula is C45H27N3O2. The summed E-state index contributed by atoms with van der Waals surface area (Å²) in [6, 6.07) is 55.7. The van der Waals surface area contributed by atoms with E-state index in [0.29, 0.717) is 5.82 Å². The average molecular weight is 642 g/mol. The van der Waals surface area contributed by atoms with Gasteiger partial charge in [0.25, 0.3) is 0 Å². The highest BCUT2D eigenvalue weighted by molar-refractivity contribution is 6.23. The van der Waals surface area contributed by atoms with Crippen molar-refractivity contribution < 1.29 is 8.83 Å². The van der Waals surface area contributed by atoms with Crippen molar-refractivity contribution in [2.24, 2.45) is 0 Å². The summed E-state index contributed by atoms with van der Waals surface area (Å²) in [4.78, 5) is 15.1. The molecule has 0 saturated heterocycles. The molecular weight excluding hydrogens is 615 g/mol. The van der Waals surface area contributed by atoms with Crippen LogP contribution in [0.5, 0.6) is 0 Å². The lowest BCUT2D eigenvalue weighted by molar-refractivity contribution is 0.661. The zero-order valence-corrected chi connectivity index (χ0v) is 26.7. The van der Waals surface area contributed by atoms with E-state index in [1.807, 2.05) is 84.9 Å². The zero-order chi connectivity index (χ0) is 33.0. The quantitative estimate of drug-likeness (QED) is 0.187. The molecule has 4 aromatic heterocycles. The van der Waals surface area contributed by atoms with Crippen LogP contribution in [0.3, 0.4) is 0 Å². The highest BCUT2D eigenvalue weighted by Gasteiger charge is 2.22. The Kier molecular flexibility index (Phi) is 6.42. The molecule has 234 valence electrons. The van der Waals surface area contributed by atoms with Crippen molar-refractivity contribution in [3.8, 4) is 56.3 Å². The molecule has 0 unspecified atom stereocenters. The summed E-state index contributed by atoms with van der Waals surface area (Å²) in [6.45, 7) is 0. The Bertz CT molecular complexity index is 2780. The van der Waals surface area contributed by atoms with Crippen LogP contribution < -0.4 is 0 Å². The molecule has 0 atom stereocenters. The van der Waals surface area contributed by atoms with Gasteiger partial charge in [-0.15, -0.1) is 0 Å². The molecule has 0 N–H and O–H groups in total. The molecule has 0 amide bonds. The van der Waals surface area contributed by atoms with E-state index in [1.54, 1.807) is 0 Å². The van der Waals surface area contributed by atoms with Gasteiger partial charge >= 0.3 is 0 Å². The number of hydrogen-bond acceptors (Lipinski definition) is 5. The summed E-state index contributed by atoms with van der Waals surface area (Å²) in [5, 5.41) is 2.96. The second kappa shape index (κ2) is 11.4. The molecule has 0 fully saturated rings. The van der Waals surface area contributed by atoms with Gasteiger partial charge in [-0.2, -0.15) is 0 Å². The van der Waals surface area contributed by atoms with Crippen molar-refractivity contribution in [1.29, 1.82) is 0 Å². The molecule has 0 bridgehead atoms. The second-order valence-corrected chi connectivity index (χ2v) is 12.4. The Labute approximate surface area is 287 Å². The standard InChI is InChI=1S/C45H27N3O2/c1-3-11-30(12-4-1)36-27-37(47-45(46-36)33-13-5-2-6-14-33)31-23-19-28(20-24-31)29-21-25-32(26-22-29)41-43-40(34-15-7-9-17-38(34)49-43)44-42(48-41)35-16-8-10-18-39(35)50-44/h1-27H. The Morgan fingerprint density at radius 3 is 1.50 bits per heavy atom. The van der Waals surface area contributed by atoms with E-state index in [2.05, 4.69) is 78.9 Å². The number of pyridine rings is 1. The van der Waals surface area contributed by atoms with Gasteiger partial charge in [-0.25, -0.2) is 15.0 Å². The summed E-state index contributed by atoms with van der Waals surface area (Å²) in [5.41, 5.74) is 12.8. The first-order valence-electron chi connectivity index (χ1n) is 16.6. The smallest absolute Gasteiger partial charge is 0.165 e. The van der Waals surface area contributed by atoms with E-state index in [1.165, 1.54) is 0 Å². The molecule has 0 aliphatic carbocycles. The van der Waals surface area contributed by atoms with E-state index >= 15 is 0 Å². The zero-order valence-electron chi connectivity index (χ0n) is 26.7. The van der Waals surface area contributed by atoms with Crippen molar-refractivity contribution in [2.45, 2.75) is 0 Å². The lowest BCUT2D eigenvalue weighted by Crippen LogP contribution is -1.95. The summed E-state index contributed by atoms with van der Waals surface area (Å²) >= 11 is 0. The van der Waals surface area contributed by atoms with E-state index in [-0.39, 0.29) is 0 Å². The molecule has 5 nitrogen and oxygen atoms in total. The predicted molar refractivity (Wildman–Crippen MR) is 202 cm³/mol. The molecule has 5 heteroatoms. The van der Waals surface area contributed by atoms with Gasteiger partial charge < -0.3 is 8.83 Å². The Hall–Kier alpha value is -6.85. The normalized spacial score (nSPS) is 11.6. The Balaban J connectivity index is 1.03. The maximum Gasteiger partial charge on any atom is 0.165 e. The summed E-state index contributed by atoms with van der Waals surface area (Å²) in [7, 11) is 0. The fourth-order valence-electron chi connectivity index (χ4n) is 6.83. The van der Waals surface area contributed by atoms with E-state index in [4.69, 9.17) is 23.8 Å². The van der Waals surface area contributed by atoms with E-state index < -0.39 is 0 Å². The third-order valence-electron chi connectivity index (χ3n) is 9.33. The maximum absolute atomic E-state index is 6.45. The predicted octanol–water partition coefficient (Wildman–Crippen LogP) is 12.0. The van der Waals surface area contributed by atoms with Gasteiger partial charge in [0, 0.05) is 33.0 Å². The van der Waals surface area contributed by atoms with Crippen LogP contribution in [-0.2, 0) is 0 Å². The number of aromatic nitrogens is 3. The Morgan fingerprint density at radius 1 is 0.360 bits per heavy atom. The van der Waals surface area contributed by atoms with Crippen LogP contribution in [0, 0.1) is 0 Å². The highest BCUT2D eigenvalue weighted by atomic mass is 16.3. The van der Waals surface area contributed by atoms with Crippen molar-refractivity contribution in [1.82, 2.24) is 15.0 Å². The third-order valence-corrected chi connectivity index (χ3v) is 9.33. The molecule has 0 spiro atoms. The SMILES string of the molecule is c1ccc(-c2cc(-c3ccc(-c4ccc(-c5nc6c7ccccc7oc6c6c5oc5ccccc56)cc4)cc3)nc(-c3ccccc3)n2)cc1. The highest BCUT2D eigenvalue weighted by Crippen LogP contribution is 2.42. The van der Waals surface area contributed by atoms with Crippen molar-refractivity contribution >= 4 is 44.0 Å². The van der Waals surface area contributed by atoms with Gasteiger partial charge in [0.2, 0.25) is 0 Å². The minimum absolute atomic E-state index is 0.704. The van der Waals surface area contributed by atoms with Crippen LogP contribution in [0.4, 0.5) is 0 Å². The number of nitrogens with zero attached hydrogens (tertiary/aromatic N) is 3. The van der Waals surface area contributed by atoms with Gasteiger partial charge in [-0.3, -0.25) is 0 Å². The number of furan rings is 2. The summed E-state index contributed by atoms with van der Waals surface area (Å²) in [5.74, 6) is 0.704. The largest absolute Gasteiger partial charge is 0.454 e. The van der Waals surface area contributed by atoms with Crippen molar-refractivity contribution in [2.75, 3.05) is 0 Å². The molecule has 0 saturated carbocycles. The average Bonchev–Trinajstić information content (AvgIpc) is 3.77. The van der Waals surface area contributed by atoms with Gasteiger partial charge in [-0.05, 0) is 35.4 Å². The number of hydrogen-bond donors (Lipinski definition) is 0. The monoisotopic (exact) mass is 641 g/mol. The van der Waals surface area contributed by atoms with Crippen molar-refractivity contribution in [3.05, 3.63) is 164 Å². The molecule has 10 rings (SSSR count). The van der Waals surface area contributed by atoms with E-state index in [0.717, 1.165) is 94.5 Å². The number of rotatable bonds is 5. The molecule has 0 radical (unpaired) electrons. The van der Waals surface area contributed by atoms with Crippen LogP contribution in [0.1, 0.15) is 0 Å². The molecule has 0 aliphatic heterocycles. The lowest BCUT2D eigenvalue weighted by atomic mass is 9.99. The first-order chi connectivity index (χ1) is 24.8. The fraction of sp³-hybridized carbons (Fsp3) is 0. The molecule has 0 aliphatic rings. The van der Waals surface area contributed by atoms with Crippen LogP contribution in [0.25, 0.3) is 100 Å². The second-order valence-electron chi connectivity index (χ2n) is 12.4. The van der Waals surface area contributed by atoms with Crippen LogP contribution in [0.15, 0.2) is 173 Å². The number of fused-ring (bicyclic) bond motifs is 7. The number of para-hydroxylation sites is 2. The van der Waals surface area contributed by atoms with Crippen LogP contribution in [-0.4, -0.2) is 15.0 Å². The minimum atomic E-state index is 0.704. The first-order valence-corrected chi connectivity index (χ1v) is 16.6. The molecule has 10 aromatic rings. The summed E-state index contributed by atoms with van der Waals surface area (Å²) < 4.78 is 12.8. The topological polar surface area (TPSA) is 65.0 Å². The third kappa shape index (κ3) is 4.67.